The summed E-state index contributed by atoms with van der Waals surface area (Å²) < 4.78 is 30.1. The van der Waals surface area contributed by atoms with Gasteiger partial charge in [-0.25, -0.2) is 4.79 Å². The number of hydrogen-bond acceptors (Lipinski definition) is 14. The average Bonchev–Trinajstić information content (AvgIpc) is 3.24. The molecular formula is C46H75N3O12. The van der Waals surface area contributed by atoms with Gasteiger partial charge in [-0.05, 0) is 95.5 Å². The molecule has 0 aromatic heterocycles. The van der Waals surface area contributed by atoms with Crippen LogP contribution in [0.3, 0.4) is 0 Å². The van der Waals surface area contributed by atoms with E-state index in [4.69, 9.17) is 23.7 Å². The van der Waals surface area contributed by atoms with Crippen molar-refractivity contribution in [3.63, 3.8) is 0 Å². The Morgan fingerprint density at radius 1 is 0.984 bits per heavy atom. The first kappa shape index (κ1) is 50.6. The number of piperidine rings is 1. The lowest BCUT2D eigenvalue weighted by Crippen LogP contribution is -2.64. The normalized spacial score (nSPS) is 39.7. The third kappa shape index (κ3) is 12.8. The summed E-state index contributed by atoms with van der Waals surface area (Å²) in [6.45, 7) is 13.6. The fourth-order valence-electron chi connectivity index (χ4n) is 9.78. The van der Waals surface area contributed by atoms with Gasteiger partial charge >= 0.3 is 5.97 Å². The number of ketones is 1. The zero-order chi connectivity index (χ0) is 45.0. The maximum Gasteiger partial charge on any atom is 0.329 e. The molecule has 0 unspecified atom stereocenters. The quantitative estimate of drug-likeness (QED) is 0.0694. The second-order valence-electron chi connectivity index (χ2n) is 18.0. The molecule has 15 nitrogen and oxygen atoms in total. The van der Waals surface area contributed by atoms with Gasteiger partial charge < -0.3 is 54.4 Å². The summed E-state index contributed by atoms with van der Waals surface area (Å²) in [5.41, 5.74) is 5.31. The number of esters is 1. The number of aliphatic hydroxyl groups is 4. The molecule has 1 aliphatic carbocycles. The Bertz CT molecular complexity index is 1570. The number of carbonyl (C=O) groups excluding carboxylic acids is 3. The molecule has 14 atom stereocenters. The van der Waals surface area contributed by atoms with E-state index in [2.05, 4.69) is 30.1 Å². The van der Waals surface area contributed by atoms with E-state index in [1.165, 1.54) is 12.0 Å². The molecule has 0 spiro atoms. The first-order chi connectivity index (χ1) is 29.0. The molecule has 3 fully saturated rings. The average molecular weight is 862 g/mol. The van der Waals surface area contributed by atoms with Crippen molar-refractivity contribution < 1.29 is 58.5 Å². The van der Waals surface area contributed by atoms with Gasteiger partial charge in [0.25, 0.3) is 11.7 Å². The topological polar surface area (TPSA) is 206 Å². The molecule has 61 heavy (non-hydrogen) atoms. The lowest BCUT2D eigenvalue weighted by molar-refractivity contribution is -0.302. The number of ether oxygens (including phenoxy) is 5. The van der Waals surface area contributed by atoms with E-state index in [9.17, 15) is 34.8 Å². The third-order valence-electron chi connectivity index (χ3n) is 13.3. The molecule has 5 N–H and O–H groups in total. The fraction of sp³-hybridized carbons (Fsp3) is 0.783. The van der Waals surface area contributed by atoms with Crippen molar-refractivity contribution in [2.75, 3.05) is 41.0 Å². The molecule has 346 valence electrons. The van der Waals surface area contributed by atoms with E-state index in [-0.39, 0.29) is 62.8 Å². The highest BCUT2D eigenvalue weighted by molar-refractivity contribution is 6.39. The number of rotatable bonds is 10. The van der Waals surface area contributed by atoms with Gasteiger partial charge in [0, 0.05) is 57.8 Å². The van der Waals surface area contributed by atoms with Crippen LogP contribution < -0.4 is 5.43 Å². The van der Waals surface area contributed by atoms with Crippen LogP contribution in [-0.2, 0) is 38.1 Å². The smallest absolute Gasteiger partial charge is 0.329 e. The van der Waals surface area contributed by atoms with Gasteiger partial charge in [0.1, 0.15) is 18.2 Å². The number of aliphatic hydroxyl groups excluding tert-OH is 3. The molecular weight excluding hydrogens is 787 g/mol. The number of hydrogen-bond donors (Lipinski definition) is 5. The lowest BCUT2D eigenvalue weighted by Gasteiger charge is -2.47. The number of Topliss-reactive ketones (excluding diaryl/α,β-unsaturated/α-hetero) is 1. The predicted molar refractivity (Wildman–Crippen MR) is 230 cm³/mol. The molecule has 2 saturated heterocycles. The Balaban J connectivity index is 1.84. The minimum absolute atomic E-state index is 0.00309. The first-order valence-electron chi connectivity index (χ1n) is 22.3. The van der Waals surface area contributed by atoms with Crippen LogP contribution in [0, 0.1) is 29.6 Å². The highest BCUT2D eigenvalue weighted by Crippen LogP contribution is 2.39. The number of hydrazone groups is 1. The van der Waals surface area contributed by atoms with E-state index >= 15 is 0 Å². The molecule has 1 saturated carbocycles. The van der Waals surface area contributed by atoms with Crippen molar-refractivity contribution in [3.8, 4) is 0 Å². The summed E-state index contributed by atoms with van der Waals surface area (Å²) in [6.07, 6.45) is 5.99. The van der Waals surface area contributed by atoms with Gasteiger partial charge in [0.15, 0.2) is 0 Å². The number of carbonyl (C=O) groups is 3. The summed E-state index contributed by atoms with van der Waals surface area (Å²) in [5.74, 6) is -7.19. The van der Waals surface area contributed by atoms with Crippen LogP contribution in [0.5, 0.6) is 0 Å². The van der Waals surface area contributed by atoms with Gasteiger partial charge in [-0.1, -0.05) is 44.6 Å². The Kier molecular flexibility index (Phi) is 19.6. The number of methoxy groups -OCH3 is 3. The number of nitrogens with one attached hydrogen (secondary N) is 1. The highest BCUT2D eigenvalue weighted by atomic mass is 16.7. The van der Waals surface area contributed by atoms with Crippen LogP contribution in [0.25, 0.3) is 0 Å². The van der Waals surface area contributed by atoms with E-state index in [1.807, 2.05) is 26.8 Å². The monoisotopic (exact) mass is 862 g/mol. The Morgan fingerprint density at radius 3 is 2.33 bits per heavy atom. The van der Waals surface area contributed by atoms with E-state index in [0.717, 1.165) is 5.57 Å². The minimum Gasteiger partial charge on any atom is -0.456 e. The second kappa shape index (κ2) is 23.6. The van der Waals surface area contributed by atoms with Crippen molar-refractivity contribution >= 4 is 23.4 Å². The number of cyclic esters (lactones) is 1. The van der Waals surface area contributed by atoms with Gasteiger partial charge in [-0.15, -0.1) is 6.58 Å². The van der Waals surface area contributed by atoms with E-state index < -0.39 is 77.9 Å². The van der Waals surface area contributed by atoms with Crippen molar-refractivity contribution in [3.05, 3.63) is 36.0 Å². The van der Waals surface area contributed by atoms with Crippen LogP contribution in [0.4, 0.5) is 0 Å². The zero-order valence-electron chi connectivity index (χ0n) is 37.8. The Morgan fingerprint density at radius 2 is 1.67 bits per heavy atom. The summed E-state index contributed by atoms with van der Waals surface area (Å²) in [4.78, 5) is 44.3. The maximum atomic E-state index is 14.5. The minimum atomic E-state index is -2.51. The van der Waals surface area contributed by atoms with E-state index in [1.54, 1.807) is 27.2 Å². The Labute approximate surface area is 362 Å². The standard InChI is InChI=1S/C46H75N3O12/c1-10-13-33-21-27(2)20-28(3)22-39(58-8)42-40(59-9)24-30(5)46(56,61-42)43(53)44(54)49-18-12-11-14-35(49)45(55)60-41(31(6)37(52)26-34(33)48-47-17-19-50)29(4)23-32-15-16-36(51)38(25-32)57-7/h10,21,23,28,30-33,35-42,47,50-52,56H,1,11-20,22,24-26H2,2-9H3/b27-21+,29-23+,48-34-/t28-,30+,31+,32-,33+,35-,36+,37-,38+,39-,40-,41+,42+,46+/m0/s1. The molecule has 4 rings (SSSR count). The molecule has 0 aromatic carbocycles. The fourth-order valence-corrected chi connectivity index (χ4v) is 9.78. The third-order valence-corrected chi connectivity index (χ3v) is 13.3. The molecule has 4 aliphatic rings. The maximum absolute atomic E-state index is 14.5. The van der Waals surface area contributed by atoms with Crippen LogP contribution in [-0.4, -0.2) is 144 Å². The summed E-state index contributed by atoms with van der Waals surface area (Å²) in [7, 11) is 4.65. The molecule has 15 heteroatoms. The molecule has 1 amide bonds. The van der Waals surface area contributed by atoms with Crippen LogP contribution in [0.15, 0.2) is 41.1 Å². The lowest BCUT2D eigenvalue weighted by atomic mass is 9.81. The summed E-state index contributed by atoms with van der Waals surface area (Å²) in [6, 6.07) is -1.14. The van der Waals surface area contributed by atoms with Crippen LogP contribution >= 0.6 is 0 Å². The van der Waals surface area contributed by atoms with Gasteiger partial charge in [-0.3, -0.25) is 9.59 Å². The van der Waals surface area contributed by atoms with Crippen LogP contribution in [0.2, 0.25) is 0 Å². The van der Waals surface area contributed by atoms with Gasteiger partial charge in [0.05, 0.1) is 43.7 Å². The summed E-state index contributed by atoms with van der Waals surface area (Å²) in [5, 5.41) is 49.0. The SMILES string of the molecule is C=CC[C@@H]1/C=C(\C)C[C@H](C)C[C@H](OC)[C@H]2O[C@@](O)(C(=O)C(=O)N3CCCC[C@H]3C(=O)O[C@H](/C(C)=C/[C@@H]3CC[C@@H](O)[C@H](OC)C3)[C@H](C)[C@@H](O)C/C1=N/NCCO)[C@H](C)C[C@@H]2OC. The second-order valence-corrected chi connectivity index (χ2v) is 18.0. The zero-order valence-corrected chi connectivity index (χ0v) is 37.8. The molecule has 3 heterocycles. The van der Waals surface area contributed by atoms with Crippen molar-refractivity contribution in [2.45, 2.75) is 160 Å². The Hall–Kier alpha value is -3.02. The number of allylic oxidation sites excluding steroid dienone is 4. The van der Waals surface area contributed by atoms with Crippen molar-refractivity contribution in [2.24, 2.45) is 34.7 Å². The first-order valence-corrected chi connectivity index (χ1v) is 22.3. The molecule has 0 aromatic rings. The van der Waals surface area contributed by atoms with Crippen molar-refractivity contribution in [1.82, 2.24) is 10.3 Å². The van der Waals surface area contributed by atoms with Gasteiger partial charge in [-0.2, -0.15) is 5.10 Å². The molecule has 2 bridgehead atoms. The molecule has 3 aliphatic heterocycles. The summed E-state index contributed by atoms with van der Waals surface area (Å²) >= 11 is 0. The number of amides is 1. The van der Waals surface area contributed by atoms with Crippen LogP contribution in [0.1, 0.15) is 105 Å². The highest BCUT2D eigenvalue weighted by Gasteiger charge is 2.56. The predicted octanol–water partition coefficient (Wildman–Crippen LogP) is 4.01. The number of fused-ring (bicyclic) bond motifs is 3. The number of nitrogens with zero attached hydrogens (tertiary/aromatic N) is 2. The van der Waals surface area contributed by atoms with Crippen molar-refractivity contribution in [1.29, 1.82) is 0 Å². The largest absolute Gasteiger partial charge is 0.456 e. The molecule has 0 radical (unpaired) electrons. The van der Waals surface area contributed by atoms with Gasteiger partial charge in [0.2, 0.25) is 5.79 Å². The van der Waals surface area contributed by atoms with E-state index in [0.29, 0.717) is 62.7 Å².